The number of hydrogen-bond acceptors (Lipinski definition) is 2. The highest BCUT2D eigenvalue weighted by Gasteiger charge is 2.23. The van der Waals surface area contributed by atoms with Crippen molar-refractivity contribution in [2.75, 3.05) is 0 Å². The molecule has 2 aromatic rings. The lowest BCUT2D eigenvalue weighted by Gasteiger charge is -2.25. The minimum atomic E-state index is -0.160. The molecule has 0 fully saturated rings. The summed E-state index contributed by atoms with van der Waals surface area (Å²) in [5.74, 6) is 0.0412. The normalized spacial score (nSPS) is 17.1. The van der Waals surface area contributed by atoms with Crippen LogP contribution in [0.1, 0.15) is 16.7 Å². The van der Waals surface area contributed by atoms with Crippen LogP contribution in [0.5, 0.6) is 0 Å². The zero-order valence-corrected chi connectivity index (χ0v) is 12.4. The van der Waals surface area contributed by atoms with Crippen molar-refractivity contribution in [3.63, 3.8) is 0 Å². The Kier molecular flexibility index (Phi) is 4.23. The Morgan fingerprint density at radius 2 is 1.86 bits per heavy atom. The Morgan fingerprint density at radius 1 is 1.14 bits per heavy atom. The second kappa shape index (κ2) is 6.29. The summed E-state index contributed by atoms with van der Waals surface area (Å²) in [7, 11) is 0. The van der Waals surface area contributed by atoms with E-state index in [1.54, 1.807) is 0 Å². The fourth-order valence-corrected chi connectivity index (χ4v) is 2.68. The average molecular weight is 301 g/mol. The van der Waals surface area contributed by atoms with Crippen LogP contribution in [0.2, 0.25) is 5.02 Å². The smallest absolute Gasteiger partial charge is 0.237 e. The lowest BCUT2D eigenvalue weighted by molar-refractivity contribution is -0.123. The molecule has 0 spiro atoms. The Balaban J connectivity index is 1.58. The van der Waals surface area contributed by atoms with Gasteiger partial charge in [-0.25, -0.2) is 0 Å². The molecule has 1 heterocycles. The van der Waals surface area contributed by atoms with Crippen molar-refractivity contribution < 1.29 is 4.79 Å². The van der Waals surface area contributed by atoms with Gasteiger partial charge in [-0.05, 0) is 35.2 Å². The van der Waals surface area contributed by atoms with Gasteiger partial charge in [-0.3, -0.25) is 4.79 Å². The molecule has 2 aromatic carbocycles. The zero-order chi connectivity index (χ0) is 14.7. The van der Waals surface area contributed by atoms with Crippen molar-refractivity contribution in [3.05, 3.63) is 70.2 Å². The highest BCUT2D eigenvalue weighted by atomic mass is 35.5. The minimum Gasteiger partial charge on any atom is -0.351 e. The van der Waals surface area contributed by atoms with Crippen molar-refractivity contribution in [2.45, 2.75) is 25.6 Å². The maximum atomic E-state index is 12.2. The van der Waals surface area contributed by atoms with Crippen LogP contribution in [0.15, 0.2) is 48.5 Å². The van der Waals surface area contributed by atoms with E-state index in [0.29, 0.717) is 11.6 Å². The topological polar surface area (TPSA) is 41.1 Å². The quantitative estimate of drug-likeness (QED) is 0.915. The molecule has 0 aromatic heterocycles. The van der Waals surface area contributed by atoms with E-state index in [1.807, 2.05) is 36.4 Å². The van der Waals surface area contributed by atoms with Gasteiger partial charge in [-0.1, -0.05) is 48.0 Å². The molecule has 0 aliphatic carbocycles. The summed E-state index contributed by atoms with van der Waals surface area (Å²) in [4.78, 5) is 12.2. The first-order valence-corrected chi connectivity index (χ1v) is 7.42. The van der Waals surface area contributed by atoms with E-state index in [-0.39, 0.29) is 11.9 Å². The first-order chi connectivity index (χ1) is 10.2. The first kappa shape index (κ1) is 14.1. The summed E-state index contributed by atoms with van der Waals surface area (Å²) in [6.07, 6.45) is 0.739. The van der Waals surface area contributed by atoms with E-state index in [0.717, 1.165) is 18.5 Å². The van der Waals surface area contributed by atoms with E-state index in [9.17, 15) is 4.79 Å². The Labute approximate surface area is 129 Å². The summed E-state index contributed by atoms with van der Waals surface area (Å²) in [5.41, 5.74) is 3.58. The molecule has 108 valence electrons. The van der Waals surface area contributed by atoms with Crippen LogP contribution >= 0.6 is 11.6 Å². The number of nitrogens with one attached hydrogen (secondary N) is 2. The molecule has 3 rings (SSSR count). The van der Waals surface area contributed by atoms with Crippen LogP contribution < -0.4 is 10.6 Å². The van der Waals surface area contributed by atoms with Crippen LogP contribution in [0.4, 0.5) is 0 Å². The Hall–Kier alpha value is -1.84. The summed E-state index contributed by atoms with van der Waals surface area (Å²) in [6.45, 7) is 1.27. The number of fused-ring (bicyclic) bond motifs is 1. The highest BCUT2D eigenvalue weighted by Crippen LogP contribution is 2.16. The van der Waals surface area contributed by atoms with Gasteiger partial charge in [0.05, 0.1) is 6.04 Å². The van der Waals surface area contributed by atoms with Gasteiger partial charge in [0.15, 0.2) is 0 Å². The monoisotopic (exact) mass is 300 g/mol. The standard InChI is InChI=1S/C17H17ClN2O/c18-15-7-5-12(6-8-15)10-20-17(21)16-9-13-3-1-2-4-14(13)11-19-16/h1-8,16,19H,9-11H2,(H,20,21)/t16-/m0/s1. The molecule has 0 bridgehead atoms. The van der Waals surface area contributed by atoms with E-state index in [2.05, 4.69) is 22.8 Å². The number of halogens is 1. The molecule has 1 amide bonds. The van der Waals surface area contributed by atoms with Gasteiger partial charge >= 0.3 is 0 Å². The lowest BCUT2D eigenvalue weighted by atomic mass is 9.95. The fraction of sp³-hybridized carbons (Fsp3) is 0.235. The number of carbonyl (C=O) groups is 1. The second-order valence-corrected chi connectivity index (χ2v) is 5.69. The number of benzene rings is 2. The Morgan fingerprint density at radius 3 is 2.62 bits per heavy atom. The lowest BCUT2D eigenvalue weighted by Crippen LogP contribution is -2.47. The molecule has 0 saturated carbocycles. The summed E-state index contributed by atoms with van der Waals surface area (Å²) in [5, 5.41) is 6.97. The molecule has 0 saturated heterocycles. The second-order valence-electron chi connectivity index (χ2n) is 5.25. The number of amides is 1. The van der Waals surface area contributed by atoms with Gasteiger partial charge in [-0.2, -0.15) is 0 Å². The first-order valence-electron chi connectivity index (χ1n) is 7.05. The average Bonchev–Trinajstić information content (AvgIpc) is 2.53. The molecular weight excluding hydrogens is 284 g/mol. The Bertz CT molecular complexity index is 639. The van der Waals surface area contributed by atoms with E-state index in [4.69, 9.17) is 11.6 Å². The van der Waals surface area contributed by atoms with Crippen LogP contribution in [0.25, 0.3) is 0 Å². The van der Waals surface area contributed by atoms with Crippen molar-refractivity contribution in [1.29, 1.82) is 0 Å². The van der Waals surface area contributed by atoms with Crippen LogP contribution in [-0.4, -0.2) is 11.9 Å². The van der Waals surface area contributed by atoms with Crippen LogP contribution in [-0.2, 0) is 24.3 Å². The summed E-state index contributed by atoms with van der Waals surface area (Å²) >= 11 is 5.85. The van der Waals surface area contributed by atoms with E-state index >= 15 is 0 Å². The molecule has 2 N–H and O–H groups in total. The molecule has 21 heavy (non-hydrogen) atoms. The predicted octanol–water partition coefficient (Wildman–Crippen LogP) is 2.67. The van der Waals surface area contributed by atoms with E-state index < -0.39 is 0 Å². The largest absolute Gasteiger partial charge is 0.351 e. The third kappa shape index (κ3) is 3.43. The van der Waals surface area contributed by atoms with E-state index in [1.165, 1.54) is 11.1 Å². The molecule has 1 aliphatic heterocycles. The van der Waals surface area contributed by atoms with Crippen molar-refractivity contribution in [3.8, 4) is 0 Å². The van der Waals surface area contributed by atoms with Crippen LogP contribution in [0, 0.1) is 0 Å². The maximum Gasteiger partial charge on any atom is 0.237 e. The third-order valence-corrected chi connectivity index (χ3v) is 4.03. The fourth-order valence-electron chi connectivity index (χ4n) is 2.55. The van der Waals surface area contributed by atoms with Gasteiger partial charge in [0.2, 0.25) is 5.91 Å². The summed E-state index contributed by atoms with van der Waals surface area (Å²) < 4.78 is 0. The third-order valence-electron chi connectivity index (χ3n) is 3.78. The molecule has 0 radical (unpaired) electrons. The minimum absolute atomic E-state index is 0.0412. The van der Waals surface area contributed by atoms with Gasteiger partial charge in [0.1, 0.15) is 0 Å². The molecule has 0 unspecified atom stereocenters. The maximum absolute atomic E-state index is 12.2. The van der Waals surface area contributed by atoms with Gasteiger partial charge in [-0.15, -0.1) is 0 Å². The van der Waals surface area contributed by atoms with Gasteiger partial charge < -0.3 is 10.6 Å². The van der Waals surface area contributed by atoms with Crippen LogP contribution in [0.3, 0.4) is 0 Å². The number of rotatable bonds is 3. The number of hydrogen-bond donors (Lipinski definition) is 2. The molecule has 4 heteroatoms. The van der Waals surface area contributed by atoms with Gasteiger partial charge in [0.25, 0.3) is 0 Å². The van der Waals surface area contributed by atoms with Crippen molar-refractivity contribution in [2.24, 2.45) is 0 Å². The zero-order valence-electron chi connectivity index (χ0n) is 11.6. The van der Waals surface area contributed by atoms with Gasteiger partial charge in [0, 0.05) is 18.1 Å². The molecular formula is C17H17ClN2O. The number of carbonyl (C=O) groups excluding carboxylic acids is 1. The SMILES string of the molecule is O=C(NCc1ccc(Cl)cc1)[C@@H]1Cc2ccccc2CN1. The molecule has 1 aliphatic rings. The summed E-state index contributed by atoms with van der Waals surface area (Å²) in [6, 6.07) is 15.6. The molecule has 3 nitrogen and oxygen atoms in total. The predicted molar refractivity (Wildman–Crippen MR) is 84.1 cm³/mol. The van der Waals surface area contributed by atoms with Crippen molar-refractivity contribution in [1.82, 2.24) is 10.6 Å². The highest BCUT2D eigenvalue weighted by molar-refractivity contribution is 6.30. The van der Waals surface area contributed by atoms with Crippen molar-refractivity contribution >= 4 is 17.5 Å². The molecule has 1 atom stereocenters.